The molecule has 1 amide bonds. The molecule has 1 unspecified atom stereocenters. The summed E-state index contributed by atoms with van der Waals surface area (Å²) in [5.41, 5.74) is 2.77. The molecule has 2 aromatic heterocycles. The van der Waals surface area contributed by atoms with E-state index in [4.69, 9.17) is 0 Å². The van der Waals surface area contributed by atoms with E-state index < -0.39 is 0 Å². The number of hydrogen-bond acceptors (Lipinski definition) is 4. The number of nitrogens with one attached hydrogen (secondary N) is 1. The van der Waals surface area contributed by atoms with Crippen molar-refractivity contribution in [3.8, 4) is 10.7 Å². The molecule has 0 saturated carbocycles. The number of rotatable bonds is 7. The average molecular weight is 351 g/mol. The Morgan fingerprint density at radius 3 is 2.68 bits per heavy atom. The fourth-order valence-electron chi connectivity index (χ4n) is 2.70. The third-order valence-electron chi connectivity index (χ3n) is 3.89. The maximum absolute atomic E-state index is 12.5. The molecule has 25 heavy (non-hydrogen) atoms. The topological polar surface area (TPSA) is 54.9 Å². The van der Waals surface area contributed by atoms with Crippen LogP contribution in [0.3, 0.4) is 0 Å². The first-order valence-corrected chi connectivity index (χ1v) is 9.34. The van der Waals surface area contributed by atoms with Crippen LogP contribution in [0.1, 0.15) is 37.1 Å². The van der Waals surface area contributed by atoms with Crippen LogP contribution < -0.4 is 5.32 Å². The molecular formula is C20H21N3OS. The van der Waals surface area contributed by atoms with E-state index >= 15 is 0 Å². The molecule has 0 saturated heterocycles. The zero-order valence-electron chi connectivity index (χ0n) is 14.2. The highest BCUT2D eigenvalue weighted by molar-refractivity contribution is 7.13. The smallest absolute Gasteiger partial charge is 0.226 e. The Morgan fingerprint density at radius 2 is 1.96 bits per heavy atom. The second-order valence-corrected chi connectivity index (χ2v) is 6.71. The lowest BCUT2D eigenvalue weighted by atomic mass is 10.0. The minimum atomic E-state index is 0.000161. The number of pyridine rings is 1. The van der Waals surface area contributed by atoms with Gasteiger partial charge >= 0.3 is 0 Å². The summed E-state index contributed by atoms with van der Waals surface area (Å²) in [7, 11) is 0. The van der Waals surface area contributed by atoms with Crippen molar-refractivity contribution in [1.29, 1.82) is 0 Å². The first-order chi connectivity index (χ1) is 12.3. The summed E-state index contributed by atoms with van der Waals surface area (Å²) in [4.78, 5) is 21.3. The summed E-state index contributed by atoms with van der Waals surface area (Å²) in [6, 6.07) is 15.9. The molecule has 1 N–H and O–H groups in total. The van der Waals surface area contributed by atoms with Crippen LogP contribution in [0.25, 0.3) is 10.7 Å². The van der Waals surface area contributed by atoms with Crippen LogP contribution in [-0.2, 0) is 11.2 Å². The Kier molecular flexibility index (Phi) is 5.90. The zero-order valence-corrected chi connectivity index (χ0v) is 15.0. The molecule has 3 aromatic rings. The van der Waals surface area contributed by atoms with Gasteiger partial charge in [-0.15, -0.1) is 11.3 Å². The molecule has 0 spiro atoms. The molecule has 4 nitrogen and oxygen atoms in total. The van der Waals surface area contributed by atoms with Gasteiger partial charge in [-0.25, -0.2) is 4.98 Å². The second-order valence-electron chi connectivity index (χ2n) is 5.86. The normalized spacial score (nSPS) is 11.9. The van der Waals surface area contributed by atoms with Crippen molar-refractivity contribution in [2.24, 2.45) is 0 Å². The van der Waals surface area contributed by atoms with Gasteiger partial charge in [0.2, 0.25) is 5.91 Å². The lowest BCUT2D eigenvalue weighted by Gasteiger charge is -2.18. The van der Waals surface area contributed by atoms with Crippen molar-refractivity contribution in [3.05, 3.63) is 71.4 Å². The Morgan fingerprint density at radius 1 is 1.16 bits per heavy atom. The van der Waals surface area contributed by atoms with E-state index in [2.05, 4.69) is 34.3 Å². The number of thiazole rings is 1. The minimum absolute atomic E-state index is 0.000161. The summed E-state index contributed by atoms with van der Waals surface area (Å²) >= 11 is 1.52. The maximum Gasteiger partial charge on any atom is 0.226 e. The second kappa shape index (κ2) is 8.53. The van der Waals surface area contributed by atoms with Crippen LogP contribution in [0, 0.1) is 0 Å². The van der Waals surface area contributed by atoms with Gasteiger partial charge < -0.3 is 5.32 Å². The van der Waals surface area contributed by atoms with E-state index in [0.717, 1.165) is 34.8 Å². The van der Waals surface area contributed by atoms with Crippen molar-refractivity contribution in [3.63, 3.8) is 0 Å². The molecule has 128 valence electrons. The highest BCUT2D eigenvalue weighted by atomic mass is 32.1. The van der Waals surface area contributed by atoms with Crippen LogP contribution in [0.5, 0.6) is 0 Å². The molecule has 0 radical (unpaired) electrons. The largest absolute Gasteiger partial charge is 0.349 e. The van der Waals surface area contributed by atoms with Gasteiger partial charge in [0, 0.05) is 11.6 Å². The van der Waals surface area contributed by atoms with Crippen LogP contribution in [-0.4, -0.2) is 15.9 Å². The quantitative estimate of drug-likeness (QED) is 0.686. The molecule has 0 fully saturated rings. The van der Waals surface area contributed by atoms with Crippen LogP contribution in [0.4, 0.5) is 0 Å². The molecule has 1 atom stereocenters. The molecule has 0 aliphatic rings. The number of amides is 1. The number of benzene rings is 1. The van der Waals surface area contributed by atoms with Gasteiger partial charge in [-0.1, -0.05) is 49.7 Å². The predicted octanol–water partition coefficient (Wildman–Crippen LogP) is 4.41. The van der Waals surface area contributed by atoms with Gasteiger partial charge in [-0.3, -0.25) is 9.78 Å². The van der Waals surface area contributed by atoms with Crippen LogP contribution in [0.15, 0.2) is 60.1 Å². The van der Waals surface area contributed by atoms with E-state index in [-0.39, 0.29) is 18.4 Å². The Balaban J connectivity index is 1.65. The third kappa shape index (κ3) is 4.73. The van der Waals surface area contributed by atoms with E-state index in [1.54, 1.807) is 6.20 Å². The monoisotopic (exact) mass is 351 g/mol. The summed E-state index contributed by atoms with van der Waals surface area (Å²) in [6.07, 6.45) is 3.97. The van der Waals surface area contributed by atoms with Crippen molar-refractivity contribution < 1.29 is 4.79 Å². The molecule has 2 heterocycles. The predicted molar refractivity (Wildman–Crippen MR) is 101 cm³/mol. The average Bonchev–Trinajstić information content (AvgIpc) is 3.11. The van der Waals surface area contributed by atoms with Gasteiger partial charge in [0.05, 0.1) is 23.9 Å². The number of aromatic nitrogens is 2. The number of nitrogens with zero attached hydrogens (tertiary/aromatic N) is 2. The molecule has 3 rings (SSSR count). The van der Waals surface area contributed by atoms with E-state index in [1.807, 2.05) is 41.8 Å². The van der Waals surface area contributed by atoms with E-state index in [1.165, 1.54) is 11.3 Å². The van der Waals surface area contributed by atoms with Crippen molar-refractivity contribution in [2.75, 3.05) is 0 Å². The lowest BCUT2D eigenvalue weighted by molar-refractivity contribution is -0.121. The minimum Gasteiger partial charge on any atom is -0.349 e. The number of hydrogen-bond donors (Lipinski definition) is 1. The summed E-state index contributed by atoms with van der Waals surface area (Å²) in [6.45, 7) is 2.13. The Bertz CT molecular complexity index is 802. The maximum atomic E-state index is 12.5. The number of carbonyl (C=O) groups excluding carboxylic acids is 1. The molecule has 0 aliphatic heterocycles. The van der Waals surface area contributed by atoms with Crippen molar-refractivity contribution in [2.45, 2.75) is 32.2 Å². The molecule has 0 aliphatic carbocycles. The SMILES string of the molecule is CCCC(NC(=O)Cc1csc(-c2ccccn2)n1)c1ccccc1. The molecule has 0 bridgehead atoms. The molecule has 1 aromatic carbocycles. The highest BCUT2D eigenvalue weighted by Crippen LogP contribution is 2.22. The van der Waals surface area contributed by atoms with Crippen LogP contribution >= 0.6 is 11.3 Å². The first kappa shape index (κ1) is 17.3. The fraction of sp³-hybridized carbons (Fsp3) is 0.250. The fourth-order valence-corrected chi connectivity index (χ4v) is 3.50. The van der Waals surface area contributed by atoms with Crippen molar-refractivity contribution >= 4 is 17.2 Å². The van der Waals surface area contributed by atoms with Gasteiger partial charge in [0.1, 0.15) is 5.01 Å². The highest BCUT2D eigenvalue weighted by Gasteiger charge is 2.15. The Labute approximate surface area is 152 Å². The van der Waals surface area contributed by atoms with Gasteiger partial charge in [-0.05, 0) is 24.1 Å². The molecule has 5 heteroatoms. The lowest BCUT2D eigenvalue weighted by Crippen LogP contribution is -2.29. The third-order valence-corrected chi connectivity index (χ3v) is 4.81. The first-order valence-electron chi connectivity index (χ1n) is 8.46. The molecular weight excluding hydrogens is 330 g/mol. The Hall–Kier alpha value is -2.53. The summed E-state index contributed by atoms with van der Waals surface area (Å²) in [5.74, 6) is 0.000161. The van der Waals surface area contributed by atoms with Crippen LogP contribution in [0.2, 0.25) is 0 Å². The van der Waals surface area contributed by atoms with Gasteiger partial charge in [-0.2, -0.15) is 0 Å². The van der Waals surface area contributed by atoms with E-state index in [0.29, 0.717) is 0 Å². The van der Waals surface area contributed by atoms with Gasteiger partial charge in [0.25, 0.3) is 0 Å². The zero-order chi connectivity index (χ0) is 17.5. The standard InChI is InChI=1S/C20H21N3OS/c1-2-8-17(15-9-4-3-5-10-15)23-19(24)13-16-14-25-20(22-16)18-11-6-7-12-21-18/h3-7,9-12,14,17H,2,8,13H2,1H3,(H,23,24). The summed E-state index contributed by atoms with van der Waals surface area (Å²) in [5, 5.41) is 5.92. The van der Waals surface area contributed by atoms with Gasteiger partial charge in [0.15, 0.2) is 0 Å². The van der Waals surface area contributed by atoms with Crippen molar-refractivity contribution in [1.82, 2.24) is 15.3 Å². The number of carbonyl (C=O) groups is 1. The summed E-state index contributed by atoms with van der Waals surface area (Å²) < 4.78 is 0. The van der Waals surface area contributed by atoms with E-state index in [9.17, 15) is 4.79 Å².